The Kier molecular flexibility index (Phi) is 4.86. The van der Waals surface area contributed by atoms with Crippen molar-refractivity contribution in [2.45, 2.75) is 45.1 Å². The molecule has 1 saturated carbocycles. The summed E-state index contributed by atoms with van der Waals surface area (Å²) in [5, 5.41) is 12.4. The highest BCUT2D eigenvalue weighted by atomic mass is 79.9. The number of carbonyl (C=O) groups is 1. The van der Waals surface area contributed by atoms with Gasteiger partial charge in [0.05, 0.1) is 0 Å². The Morgan fingerprint density at radius 3 is 2.63 bits per heavy atom. The van der Waals surface area contributed by atoms with Crippen LogP contribution in [-0.2, 0) is 4.79 Å². The summed E-state index contributed by atoms with van der Waals surface area (Å²) in [5.74, 6) is -0.310. The fraction of sp³-hybridized carbons (Fsp3) is 0.533. The van der Waals surface area contributed by atoms with E-state index in [1.807, 2.05) is 0 Å². The molecule has 0 heterocycles. The first-order valence-electron chi connectivity index (χ1n) is 6.79. The van der Waals surface area contributed by atoms with Crippen LogP contribution in [0.25, 0.3) is 0 Å². The Bertz CT molecular complexity index is 453. The smallest absolute Gasteiger partial charge is 0.303 e. The minimum Gasteiger partial charge on any atom is -0.481 e. The molecule has 0 saturated heterocycles. The monoisotopic (exact) mass is 325 g/mol. The van der Waals surface area contributed by atoms with Crippen molar-refractivity contribution in [1.82, 2.24) is 0 Å². The van der Waals surface area contributed by atoms with Crippen molar-refractivity contribution in [2.24, 2.45) is 5.92 Å². The Hall–Kier alpha value is -1.03. The Balaban J connectivity index is 1.87. The number of aliphatic carboxylic acids is 1. The van der Waals surface area contributed by atoms with Crippen LogP contribution in [0.4, 0.5) is 5.69 Å². The fourth-order valence-electron chi connectivity index (χ4n) is 2.71. The van der Waals surface area contributed by atoms with E-state index in [1.54, 1.807) is 0 Å². The number of aryl methyl sites for hydroxylation is 1. The molecule has 1 aliphatic rings. The van der Waals surface area contributed by atoms with Crippen LogP contribution in [0.3, 0.4) is 0 Å². The van der Waals surface area contributed by atoms with E-state index in [-0.39, 0.29) is 0 Å². The fourth-order valence-corrected chi connectivity index (χ4v) is 3.32. The highest BCUT2D eigenvalue weighted by Gasteiger charge is 2.23. The number of hydrogen-bond donors (Lipinski definition) is 2. The lowest BCUT2D eigenvalue weighted by atomic mass is 9.84. The number of carboxylic acids is 1. The predicted molar refractivity (Wildman–Crippen MR) is 80.5 cm³/mol. The first-order valence-corrected chi connectivity index (χ1v) is 7.58. The van der Waals surface area contributed by atoms with Crippen LogP contribution in [-0.4, -0.2) is 17.1 Å². The second-order valence-electron chi connectivity index (χ2n) is 5.44. The van der Waals surface area contributed by atoms with Gasteiger partial charge in [-0.2, -0.15) is 0 Å². The van der Waals surface area contributed by atoms with Gasteiger partial charge < -0.3 is 10.4 Å². The van der Waals surface area contributed by atoms with Gasteiger partial charge in [-0.05, 0) is 72.2 Å². The molecule has 0 amide bonds. The second-order valence-corrected chi connectivity index (χ2v) is 6.30. The van der Waals surface area contributed by atoms with Crippen LogP contribution in [0.2, 0.25) is 0 Å². The first kappa shape index (κ1) is 14.4. The van der Waals surface area contributed by atoms with E-state index in [9.17, 15) is 4.79 Å². The van der Waals surface area contributed by atoms with Crippen molar-refractivity contribution in [1.29, 1.82) is 0 Å². The molecule has 4 heteroatoms. The predicted octanol–water partition coefficient (Wildman–Crippen LogP) is 4.20. The van der Waals surface area contributed by atoms with Crippen molar-refractivity contribution in [3.05, 3.63) is 28.2 Å². The summed E-state index contributed by atoms with van der Waals surface area (Å²) in [6.45, 7) is 2.08. The van der Waals surface area contributed by atoms with E-state index >= 15 is 0 Å². The number of hydrogen-bond acceptors (Lipinski definition) is 2. The van der Waals surface area contributed by atoms with Crippen molar-refractivity contribution >= 4 is 27.6 Å². The van der Waals surface area contributed by atoms with Gasteiger partial charge in [0.15, 0.2) is 0 Å². The summed E-state index contributed by atoms with van der Waals surface area (Å²) in [4.78, 5) is 10.7. The zero-order valence-electron chi connectivity index (χ0n) is 11.2. The summed E-state index contributed by atoms with van der Waals surface area (Å²) < 4.78 is 1.10. The van der Waals surface area contributed by atoms with E-state index in [4.69, 9.17) is 5.11 Å². The van der Waals surface area contributed by atoms with Gasteiger partial charge in [0.1, 0.15) is 0 Å². The molecule has 1 aromatic rings. The lowest BCUT2D eigenvalue weighted by molar-refractivity contribution is -0.138. The van der Waals surface area contributed by atoms with Gasteiger partial charge in [-0.1, -0.05) is 6.07 Å². The molecule has 0 atom stereocenters. The Morgan fingerprint density at radius 1 is 1.37 bits per heavy atom. The van der Waals surface area contributed by atoms with Gasteiger partial charge in [-0.15, -0.1) is 0 Å². The van der Waals surface area contributed by atoms with Crippen LogP contribution in [0.15, 0.2) is 22.7 Å². The summed E-state index contributed by atoms with van der Waals surface area (Å²) in [5.41, 5.74) is 2.37. The van der Waals surface area contributed by atoms with E-state index in [1.165, 1.54) is 5.56 Å². The normalized spacial score (nSPS) is 23.1. The van der Waals surface area contributed by atoms with Crippen LogP contribution in [0, 0.1) is 12.8 Å². The minimum atomic E-state index is -0.669. The first-order chi connectivity index (χ1) is 9.04. The number of rotatable bonds is 4. The average molecular weight is 326 g/mol. The lowest BCUT2D eigenvalue weighted by Gasteiger charge is -2.29. The third-order valence-corrected chi connectivity index (χ3v) is 4.45. The average Bonchev–Trinajstić information content (AvgIpc) is 2.34. The summed E-state index contributed by atoms with van der Waals surface area (Å²) >= 11 is 3.58. The molecular formula is C15H20BrNO2. The summed E-state index contributed by atoms with van der Waals surface area (Å²) in [7, 11) is 0. The molecule has 0 aliphatic heterocycles. The van der Waals surface area contributed by atoms with Gasteiger partial charge >= 0.3 is 5.97 Å². The molecule has 0 bridgehead atoms. The number of halogens is 1. The maximum atomic E-state index is 10.7. The molecule has 1 aromatic carbocycles. The molecule has 1 fully saturated rings. The van der Waals surface area contributed by atoms with Crippen molar-refractivity contribution in [2.75, 3.05) is 5.32 Å². The minimum absolute atomic E-state index is 0.320. The van der Waals surface area contributed by atoms with Crippen molar-refractivity contribution < 1.29 is 9.90 Å². The van der Waals surface area contributed by atoms with Crippen LogP contribution in [0.1, 0.15) is 37.7 Å². The molecule has 3 nitrogen and oxygen atoms in total. The highest BCUT2D eigenvalue weighted by Crippen LogP contribution is 2.31. The molecule has 2 rings (SSSR count). The molecule has 2 N–H and O–H groups in total. The molecule has 104 valence electrons. The molecule has 0 radical (unpaired) electrons. The third-order valence-electron chi connectivity index (χ3n) is 3.79. The number of anilines is 1. The number of nitrogens with one attached hydrogen (secondary N) is 1. The third kappa shape index (κ3) is 4.23. The van der Waals surface area contributed by atoms with E-state index < -0.39 is 5.97 Å². The zero-order valence-corrected chi connectivity index (χ0v) is 12.7. The standard InChI is InChI=1S/C15H20BrNO2/c1-10-2-7-14(13(16)8-10)17-12-5-3-11(4-6-12)9-15(18)19/h2,7-8,11-12,17H,3-6,9H2,1H3,(H,18,19). The van der Waals surface area contributed by atoms with Gasteiger partial charge in [0, 0.05) is 22.6 Å². The number of carboxylic acid groups (broad SMARTS) is 1. The SMILES string of the molecule is Cc1ccc(NC2CCC(CC(=O)O)CC2)c(Br)c1. The molecule has 0 spiro atoms. The second kappa shape index (κ2) is 6.42. The topological polar surface area (TPSA) is 49.3 Å². The van der Waals surface area contributed by atoms with Gasteiger partial charge in [-0.3, -0.25) is 4.79 Å². The molecule has 0 aromatic heterocycles. The highest BCUT2D eigenvalue weighted by molar-refractivity contribution is 9.10. The molecule has 0 unspecified atom stereocenters. The maximum absolute atomic E-state index is 10.7. The van der Waals surface area contributed by atoms with E-state index in [0.717, 1.165) is 35.8 Å². The largest absolute Gasteiger partial charge is 0.481 e. The van der Waals surface area contributed by atoms with E-state index in [0.29, 0.717) is 18.4 Å². The van der Waals surface area contributed by atoms with E-state index in [2.05, 4.69) is 46.4 Å². The lowest BCUT2D eigenvalue weighted by Crippen LogP contribution is -2.27. The van der Waals surface area contributed by atoms with Crippen LogP contribution in [0.5, 0.6) is 0 Å². The summed E-state index contributed by atoms with van der Waals surface area (Å²) in [6.07, 6.45) is 4.44. The number of benzene rings is 1. The molecule has 1 aliphatic carbocycles. The van der Waals surface area contributed by atoms with Gasteiger partial charge in [0.25, 0.3) is 0 Å². The maximum Gasteiger partial charge on any atom is 0.303 e. The Labute approximate surface area is 122 Å². The van der Waals surface area contributed by atoms with Gasteiger partial charge in [0.2, 0.25) is 0 Å². The van der Waals surface area contributed by atoms with Crippen molar-refractivity contribution in [3.8, 4) is 0 Å². The quantitative estimate of drug-likeness (QED) is 0.872. The Morgan fingerprint density at radius 2 is 2.05 bits per heavy atom. The zero-order chi connectivity index (χ0) is 13.8. The molecule has 19 heavy (non-hydrogen) atoms. The van der Waals surface area contributed by atoms with Crippen LogP contribution < -0.4 is 5.32 Å². The van der Waals surface area contributed by atoms with Crippen molar-refractivity contribution in [3.63, 3.8) is 0 Å². The van der Waals surface area contributed by atoms with Gasteiger partial charge in [-0.25, -0.2) is 0 Å². The summed E-state index contributed by atoms with van der Waals surface area (Å²) in [6, 6.07) is 6.77. The van der Waals surface area contributed by atoms with Crippen LogP contribution >= 0.6 is 15.9 Å². The molecular weight excluding hydrogens is 306 g/mol.